The summed E-state index contributed by atoms with van der Waals surface area (Å²) in [6.07, 6.45) is 0. The van der Waals surface area contributed by atoms with Crippen LogP contribution in [-0.4, -0.2) is 38.2 Å². The number of carbonyl (C=O) groups is 1. The van der Waals surface area contributed by atoms with Crippen LogP contribution in [-0.2, 0) is 11.3 Å². The molecule has 31 heavy (non-hydrogen) atoms. The van der Waals surface area contributed by atoms with E-state index in [-0.39, 0.29) is 18.5 Å². The van der Waals surface area contributed by atoms with Crippen molar-refractivity contribution in [2.75, 3.05) is 26.3 Å². The van der Waals surface area contributed by atoms with E-state index >= 15 is 0 Å². The zero-order chi connectivity index (χ0) is 22.5. The van der Waals surface area contributed by atoms with Gasteiger partial charge in [-0.25, -0.2) is 4.99 Å². The van der Waals surface area contributed by atoms with Gasteiger partial charge in [0.2, 0.25) is 5.91 Å². The molecule has 0 aliphatic rings. The number of rotatable bonds is 11. The zero-order valence-corrected chi connectivity index (χ0v) is 18.9. The maximum atomic E-state index is 12.2. The largest absolute Gasteiger partial charge is 0.490 e. The third-order valence-corrected chi connectivity index (χ3v) is 4.48. The molecule has 7 nitrogen and oxygen atoms in total. The van der Waals surface area contributed by atoms with Crippen molar-refractivity contribution in [3.05, 3.63) is 59.7 Å². The number of hydrogen-bond acceptors (Lipinski definition) is 4. The molecule has 2 rings (SSSR count). The van der Waals surface area contributed by atoms with Gasteiger partial charge in [-0.2, -0.15) is 0 Å². The molecule has 7 heteroatoms. The van der Waals surface area contributed by atoms with E-state index in [1.165, 1.54) is 0 Å². The van der Waals surface area contributed by atoms with Crippen LogP contribution in [0.1, 0.15) is 44.9 Å². The van der Waals surface area contributed by atoms with Gasteiger partial charge in [0.15, 0.2) is 17.5 Å². The Morgan fingerprint density at radius 2 is 1.68 bits per heavy atom. The van der Waals surface area contributed by atoms with E-state index in [1.807, 2.05) is 76.2 Å². The second kappa shape index (κ2) is 13.2. The summed E-state index contributed by atoms with van der Waals surface area (Å²) in [6, 6.07) is 15.7. The normalized spacial score (nSPS) is 12.1. The van der Waals surface area contributed by atoms with Crippen molar-refractivity contribution >= 4 is 11.9 Å². The van der Waals surface area contributed by atoms with E-state index in [0.717, 1.165) is 22.6 Å². The number of carbonyl (C=O) groups excluding carboxylic acids is 1. The molecule has 0 fully saturated rings. The monoisotopic (exact) mass is 426 g/mol. The van der Waals surface area contributed by atoms with Crippen molar-refractivity contribution in [1.29, 1.82) is 0 Å². The second-order valence-electron chi connectivity index (χ2n) is 6.90. The minimum absolute atomic E-state index is 0.0416. The first-order valence-electron chi connectivity index (χ1n) is 10.8. The van der Waals surface area contributed by atoms with Gasteiger partial charge in [-0.15, -0.1) is 0 Å². The molecule has 0 saturated heterocycles. The molecule has 0 aliphatic carbocycles. The second-order valence-corrected chi connectivity index (χ2v) is 6.90. The molecule has 2 aromatic carbocycles. The van der Waals surface area contributed by atoms with Gasteiger partial charge >= 0.3 is 0 Å². The molecule has 0 heterocycles. The van der Waals surface area contributed by atoms with Crippen molar-refractivity contribution in [3.63, 3.8) is 0 Å². The van der Waals surface area contributed by atoms with Gasteiger partial charge in [0.1, 0.15) is 6.54 Å². The highest BCUT2D eigenvalue weighted by Gasteiger charge is 2.13. The number of nitrogens with zero attached hydrogens (tertiary/aromatic N) is 1. The minimum atomic E-state index is -0.131. The summed E-state index contributed by atoms with van der Waals surface area (Å²) in [5.41, 5.74) is 2.09. The lowest BCUT2D eigenvalue weighted by atomic mass is 10.1. The first kappa shape index (κ1) is 24.1. The molecule has 0 radical (unpaired) electrons. The summed E-state index contributed by atoms with van der Waals surface area (Å²) >= 11 is 0. The van der Waals surface area contributed by atoms with Gasteiger partial charge in [-0.05, 0) is 51.0 Å². The Morgan fingerprint density at radius 1 is 0.968 bits per heavy atom. The van der Waals surface area contributed by atoms with Crippen molar-refractivity contribution in [2.24, 2.45) is 4.99 Å². The Hall–Kier alpha value is -3.22. The molecule has 1 atom stereocenters. The standard InChI is InChI=1S/C24H34N4O3/c1-5-25-24(27-17-23(29)26-16-19-11-9-8-10-12-19)28-18(4)20-13-14-21(30-6-2)22(15-20)31-7-3/h8-15,18H,5-7,16-17H2,1-4H3,(H,26,29)(H2,25,27,28). The molecule has 0 bridgehead atoms. The fourth-order valence-electron chi connectivity index (χ4n) is 2.95. The number of hydrogen-bond donors (Lipinski definition) is 3. The maximum Gasteiger partial charge on any atom is 0.242 e. The van der Waals surface area contributed by atoms with E-state index in [2.05, 4.69) is 20.9 Å². The number of amides is 1. The van der Waals surface area contributed by atoms with Crippen molar-refractivity contribution < 1.29 is 14.3 Å². The number of benzene rings is 2. The van der Waals surface area contributed by atoms with Crippen LogP contribution in [0.2, 0.25) is 0 Å². The Kier molecular flexibility index (Phi) is 10.2. The van der Waals surface area contributed by atoms with Gasteiger partial charge in [0.05, 0.1) is 19.3 Å². The van der Waals surface area contributed by atoms with Crippen LogP contribution >= 0.6 is 0 Å². The van der Waals surface area contributed by atoms with Gasteiger partial charge in [0, 0.05) is 13.1 Å². The average Bonchev–Trinajstić information content (AvgIpc) is 2.78. The van der Waals surface area contributed by atoms with E-state index in [0.29, 0.717) is 32.3 Å². The number of nitrogens with one attached hydrogen (secondary N) is 3. The van der Waals surface area contributed by atoms with Crippen LogP contribution in [0.5, 0.6) is 11.5 Å². The van der Waals surface area contributed by atoms with Crippen molar-refractivity contribution in [3.8, 4) is 11.5 Å². The van der Waals surface area contributed by atoms with E-state index in [4.69, 9.17) is 9.47 Å². The van der Waals surface area contributed by atoms with E-state index in [1.54, 1.807) is 0 Å². The number of guanidine groups is 1. The highest BCUT2D eigenvalue weighted by atomic mass is 16.5. The number of aliphatic imine (C=N–C) groups is 1. The quantitative estimate of drug-likeness (QED) is 0.379. The first-order valence-corrected chi connectivity index (χ1v) is 10.8. The highest BCUT2D eigenvalue weighted by molar-refractivity contribution is 5.85. The van der Waals surface area contributed by atoms with Crippen LogP contribution < -0.4 is 25.4 Å². The molecule has 1 unspecified atom stereocenters. The summed E-state index contributed by atoms with van der Waals surface area (Å²) < 4.78 is 11.4. The molecular formula is C24H34N4O3. The smallest absolute Gasteiger partial charge is 0.242 e. The van der Waals surface area contributed by atoms with Crippen LogP contribution in [0.4, 0.5) is 0 Å². The molecule has 0 aliphatic heterocycles. The van der Waals surface area contributed by atoms with Gasteiger partial charge in [-0.1, -0.05) is 36.4 Å². The Bertz CT molecular complexity index is 840. The Morgan fingerprint density at radius 3 is 2.35 bits per heavy atom. The fourth-order valence-corrected chi connectivity index (χ4v) is 2.95. The van der Waals surface area contributed by atoms with E-state index in [9.17, 15) is 4.79 Å². The molecular weight excluding hydrogens is 392 g/mol. The van der Waals surface area contributed by atoms with Crippen LogP contribution in [0.3, 0.4) is 0 Å². The third-order valence-electron chi connectivity index (χ3n) is 4.48. The van der Waals surface area contributed by atoms with Gasteiger partial charge < -0.3 is 25.4 Å². The predicted molar refractivity (Wildman–Crippen MR) is 125 cm³/mol. The molecule has 3 N–H and O–H groups in total. The highest BCUT2D eigenvalue weighted by Crippen LogP contribution is 2.30. The Labute approximate surface area is 185 Å². The summed E-state index contributed by atoms with van der Waals surface area (Å²) in [4.78, 5) is 16.6. The molecule has 0 saturated carbocycles. The lowest BCUT2D eigenvalue weighted by Crippen LogP contribution is -2.39. The fraction of sp³-hybridized carbons (Fsp3) is 0.417. The van der Waals surface area contributed by atoms with Crippen molar-refractivity contribution in [1.82, 2.24) is 16.0 Å². The molecule has 0 aromatic heterocycles. The SMILES string of the molecule is CCNC(=NCC(=O)NCc1ccccc1)NC(C)c1ccc(OCC)c(OCC)c1. The molecule has 0 spiro atoms. The summed E-state index contributed by atoms with van der Waals surface area (Å²) in [6.45, 7) is 10.3. The maximum absolute atomic E-state index is 12.2. The van der Waals surface area contributed by atoms with Crippen LogP contribution in [0, 0.1) is 0 Å². The van der Waals surface area contributed by atoms with E-state index < -0.39 is 0 Å². The molecule has 168 valence electrons. The lowest BCUT2D eigenvalue weighted by molar-refractivity contribution is -0.119. The van der Waals surface area contributed by atoms with Crippen LogP contribution in [0.25, 0.3) is 0 Å². The first-order chi connectivity index (χ1) is 15.1. The molecule has 1 amide bonds. The molecule has 2 aromatic rings. The Balaban J connectivity index is 1.99. The van der Waals surface area contributed by atoms with Crippen LogP contribution in [0.15, 0.2) is 53.5 Å². The summed E-state index contributed by atoms with van der Waals surface area (Å²) in [5, 5.41) is 9.42. The minimum Gasteiger partial charge on any atom is -0.490 e. The topological polar surface area (TPSA) is 84.0 Å². The van der Waals surface area contributed by atoms with Crippen molar-refractivity contribution in [2.45, 2.75) is 40.3 Å². The average molecular weight is 427 g/mol. The van der Waals surface area contributed by atoms with Gasteiger partial charge in [0.25, 0.3) is 0 Å². The zero-order valence-electron chi connectivity index (χ0n) is 18.9. The summed E-state index contributed by atoms with van der Waals surface area (Å²) in [7, 11) is 0. The summed E-state index contributed by atoms with van der Waals surface area (Å²) in [5.74, 6) is 1.90. The number of ether oxygens (including phenoxy) is 2. The lowest BCUT2D eigenvalue weighted by Gasteiger charge is -2.20. The third kappa shape index (κ3) is 8.20. The predicted octanol–water partition coefficient (Wildman–Crippen LogP) is 3.42. The van der Waals surface area contributed by atoms with Gasteiger partial charge in [-0.3, -0.25) is 4.79 Å².